The van der Waals surface area contributed by atoms with Crippen LogP contribution in [-0.2, 0) is 11.2 Å². The predicted molar refractivity (Wildman–Crippen MR) is 73.5 cm³/mol. The summed E-state index contributed by atoms with van der Waals surface area (Å²) in [5.74, 6) is -0.295. The number of rotatable bonds is 5. The summed E-state index contributed by atoms with van der Waals surface area (Å²) < 4.78 is 5.49. The molecule has 0 fully saturated rings. The summed E-state index contributed by atoms with van der Waals surface area (Å²) in [7, 11) is 0. The highest BCUT2D eigenvalue weighted by Crippen LogP contribution is 2.25. The highest BCUT2D eigenvalue weighted by Gasteiger charge is 2.12. The van der Waals surface area contributed by atoms with Crippen molar-refractivity contribution in [1.82, 2.24) is 4.98 Å². The summed E-state index contributed by atoms with van der Waals surface area (Å²) in [6, 6.07) is 8.06. The van der Waals surface area contributed by atoms with Gasteiger partial charge in [-0.2, -0.15) is 0 Å². The largest absolute Gasteiger partial charge is 0.481 e. The number of aliphatic carboxylic acids is 1. The summed E-state index contributed by atoms with van der Waals surface area (Å²) in [6.45, 7) is 1.59. The number of ether oxygens (including phenoxy) is 1. The van der Waals surface area contributed by atoms with Crippen molar-refractivity contribution in [2.75, 3.05) is 0 Å². The van der Waals surface area contributed by atoms with Crippen molar-refractivity contribution in [3.05, 3.63) is 57.8 Å². The second kappa shape index (κ2) is 6.00. The van der Waals surface area contributed by atoms with E-state index in [1.165, 1.54) is 6.07 Å². The van der Waals surface area contributed by atoms with Gasteiger partial charge >= 0.3 is 5.97 Å². The molecule has 7 heteroatoms. The number of carboxylic acids is 1. The van der Waals surface area contributed by atoms with Crippen LogP contribution < -0.4 is 4.74 Å². The molecular weight excluding hydrogens is 276 g/mol. The lowest BCUT2D eigenvalue weighted by Crippen LogP contribution is -2.00. The number of hydrogen-bond acceptors (Lipinski definition) is 5. The Bertz CT molecular complexity index is 700. The third-order valence-electron chi connectivity index (χ3n) is 2.73. The van der Waals surface area contributed by atoms with Crippen LogP contribution in [-0.4, -0.2) is 21.0 Å². The Kier molecular flexibility index (Phi) is 4.13. The first kappa shape index (κ1) is 14.4. The Morgan fingerprint density at radius 1 is 1.43 bits per heavy atom. The molecular formula is C14H12N2O5. The van der Waals surface area contributed by atoms with Gasteiger partial charge in [0.25, 0.3) is 5.69 Å². The van der Waals surface area contributed by atoms with Gasteiger partial charge in [-0.25, -0.2) is 4.98 Å². The zero-order valence-electron chi connectivity index (χ0n) is 11.1. The van der Waals surface area contributed by atoms with E-state index in [4.69, 9.17) is 9.84 Å². The van der Waals surface area contributed by atoms with E-state index in [0.717, 1.165) is 6.20 Å². The Labute approximate surface area is 120 Å². The Morgan fingerprint density at radius 3 is 2.81 bits per heavy atom. The topological polar surface area (TPSA) is 103 Å². The van der Waals surface area contributed by atoms with Gasteiger partial charge in [0.1, 0.15) is 11.9 Å². The second-order valence-electron chi connectivity index (χ2n) is 4.39. The number of benzene rings is 1. The van der Waals surface area contributed by atoms with Crippen molar-refractivity contribution in [2.45, 2.75) is 13.3 Å². The maximum Gasteiger partial charge on any atom is 0.307 e. The fourth-order valence-corrected chi connectivity index (χ4v) is 1.78. The van der Waals surface area contributed by atoms with Crippen LogP contribution in [0.5, 0.6) is 11.6 Å². The van der Waals surface area contributed by atoms with Crippen molar-refractivity contribution >= 4 is 11.7 Å². The SMILES string of the molecule is Cc1cc(Oc2cccc(CC(=O)O)c2)ncc1[N+](=O)[O-]. The van der Waals surface area contributed by atoms with Crippen LogP contribution in [0.25, 0.3) is 0 Å². The lowest BCUT2D eigenvalue weighted by molar-refractivity contribution is -0.385. The Morgan fingerprint density at radius 2 is 2.19 bits per heavy atom. The molecule has 1 heterocycles. The van der Waals surface area contributed by atoms with Crippen LogP contribution in [0.2, 0.25) is 0 Å². The van der Waals surface area contributed by atoms with Crippen LogP contribution in [0.4, 0.5) is 5.69 Å². The van der Waals surface area contributed by atoms with Gasteiger partial charge < -0.3 is 9.84 Å². The molecule has 0 amide bonds. The molecule has 0 aliphatic rings. The first-order valence-corrected chi connectivity index (χ1v) is 6.05. The average molecular weight is 288 g/mol. The standard InChI is InChI=1S/C14H12N2O5/c1-9-5-13(15-8-12(9)16(19)20)21-11-4-2-3-10(6-11)7-14(17)18/h2-6,8H,7H2,1H3,(H,17,18). The number of nitrogens with zero attached hydrogens (tertiary/aromatic N) is 2. The molecule has 0 bridgehead atoms. The fraction of sp³-hybridized carbons (Fsp3) is 0.143. The minimum Gasteiger partial charge on any atom is -0.481 e. The van der Waals surface area contributed by atoms with Crippen molar-refractivity contribution in [3.63, 3.8) is 0 Å². The molecule has 1 aromatic carbocycles. The molecule has 108 valence electrons. The maximum absolute atomic E-state index is 10.7. The van der Waals surface area contributed by atoms with E-state index >= 15 is 0 Å². The molecule has 0 unspecified atom stereocenters. The van der Waals surface area contributed by atoms with Crippen LogP contribution in [0, 0.1) is 17.0 Å². The number of hydrogen-bond donors (Lipinski definition) is 1. The number of nitro groups is 1. The lowest BCUT2D eigenvalue weighted by atomic mass is 10.1. The van der Waals surface area contributed by atoms with E-state index < -0.39 is 10.9 Å². The molecule has 7 nitrogen and oxygen atoms in total. The normalized spacial score (nSPS) is 10.1. The molecule has 0 saturated carbocycles. The minimum atomic E-state index is -0.934. The van der Waals surface area contributed by atoms with Crippen molar-refractivity contribution in [2.24, 2.45) is 0 Å². The van der Waals surface area contributed by atoms with Gasteiger partial charge in [0.05, 0.1) is 11.3 Å². The van der Waals surface area contributed by atoms with Crippen molar-refractivity contribution in [1.29, 1.82) is 0 Å². The highest BCUT2D eigenvalue weighted by atomic mass is 16.6. The van der Waals surface area contributed by atoms with E-state index in [-0.39, 0.29) is 18.0 Å². The lowest BCUT2D eigenvalue weighted by Gasteiger charge is -2.06. The van der Waals surface area contributed by atoms with E-state index in [2.05, 4.69) is 4.98 Å². The summed E-state index contributed by atoms with van der Waals surface area (Å²) in [4.78, 5) is 24.7. The van der Waals surface area contributed by atoms with Crippen LogP contribution in [0.3, 0.4) is 0 Å². The van der Waals surface area contributed by atoms with E-state index in [0.29, 0.717) is 16.9 Å². The average Bonchev–Trinajstić information content (AvgIpc) is 2.37. The van der Waals surface area contributed by atoms with Crippen LogP contribution in [0.1, 0.15) is 11.1 Å². The highest BCUT2D eigenvalue weighted by molar-refractivity contribution is 5.70. The molecule has 0 radical (unpaired) electrons. The van der Waals surface area contributed by atoms with Crippen LogP contribution in [0.15, 0.2) is 36.5 Å². The minimum absolute atomic E-state index is 0.0815. The molecule has 2 rings (SSSR count). The molecule has 1 N–H and O–H groups in total. The van der Waals surface area contributed by atoms with Gasteiger partial charge in [-0.1, -0.05) is 12.1 Å². The van der Waals surface area contributed by atoms with E-state index in [9.17, 15) is 14.9 Å². The van der Waals surface area contributed by atoms with Gasteiger partial charge in [0, 0.05) is 11.6 Å². The summed E-state index contributed by atoms with van der Waals surface area (Å²) in [6.07, 6.45) is 1.02. The summed E-state index contributed by atoms with van der Waals surface area (Å²) >= 11 is 0. The van der Waals surface area contributed by atoms with Gasteiger partial charge in [0.15, 0.2) is 0 Å². The van der Waals surface area contributed by atoms with Gasteiger partial charge in [-0.05, 0) is 24.6 Å². The fourth-order valence-electron chi connectivity index (χ4n) is 1.78. The number of pyridine rings is 1. The summed E-state index contributed by atoms with van der Waals surface area (Å²) in [5.41, 5.74) is 0.951. The van der Waals surface area contributed by atoms with Crippen molar-refractivity contribution in [3.8, 4) is 11.6 Å². The van der Waals surface area contributed by atoms with E-state index in [1.54, 1.807) is 31.2 Å². The number of aryl methyl sites for hydroxylation is 1. The summed E-state index contributed by atoms with van der Waals surface area (Å²) in [5, 5.41) is 19.5. The Hall–Kier alpha value is -2.96. The van der Waals surface area contributed by atoms with Crippen molar-refractivity contribution < 1.29 is 19.6 Å². The third-order valence-corrected chi connectivity index (χ3v) is 2.73. The number of aromatic nitrogens is 1. The zero-order chi connectivity index (χ0) is 15.4. The molecule has 2 aromatic rings. The quantitative estimate of drug-likeness (QED) is 0.670. The molecule has 0 saturated heterocycles. The number of carboxylic acid groups (broad SMARTS) is 1. The maximum atomic E-state index is 10.7. The monoisotopic (exact) mass is 288 g/mol. The second-order valence-corrected chi connectivity index (χ2v) is 4.39. The third kappa shape index (κ3) is 3.75. The zero-order valence-corrected chi connectivity index (χ0v) is 11.1. The molecule has 21 heavy (non-hydrogen) atoms. The first-order chi connectivity index (χ1) is 9.95. The van der Waals surface area contributed by atoms with Gasteiger partial charge in [-0.15, -0.1) is 0 Å². The smallest absolute Gasteiger partial charge is 0.307 e. The van der Waals surface area contributed by atoms with Gasteiger partial charge in [-0.3, -0.25) is 14.9 Å². The van der Waals surface area contributed by atoms with Gasteiger partial charge in [0.2, 0.25) is 5.88 Å². The van der Waals surface area contributed by atoms with E-state index in [1.807, 2.05) is 0 Å². The number of carbonyl (C=O) groups is 1. The molecule has 0 spiro atoms. The molecule has 0 aliphatic carbocycles. The Balaban J connectivity index is 2.20. The molecule has 1 aromatic heterocycles. The predicted octanol–water partition coefficient (Wildman–Crippen LogP) is 2.72. The van der Waals surface area contributed by atoms with Crippen LogP contribution >= 0.6 is 0 Å². The molecule has 0 atom stereocenters. The molecule has 0 aliphatic heterocycles. The first-order valence-electron chi connectivity index (χ1n) is 6.05.